The van der Waals surface area contributed by atoms with Gasteiger partial charge in [-0.05, 0) is 54.6 Å². The van der Waals surface area contributed by atoms with Crippen LogP contribution >= 0.6 is 11.6 Å². The van der Waals surface area contributed by atoms with Crippen LogP contribution in [0.1, 0.15) is 23.6 Å². The van der Waals surface area contributed by atoms with Crippen molar-refractivity contribution in [2.24, 2.45) is 4.99 Å². The highest BCUT2D eigenvalue weighted by Crippen LogP contribution is 2.37. The fourth-order valence-electron chi connectivity index (χ4n) is 3.79. The topological polar surface area (TPSA) is 78.9 Å². The van der Waals surface area contributed by atoms with E-state index in [0.717, 1.165) is 35.2 Å². The molecule has 1 aromatic heterocycles. The number of fused-ring (bicyclic) bond motifs is 2. The summed E-state index contributed by atoms with van der Waals surface area (Å²) in [5, 5.41) is 15.6. The Morgan fingerprint density at radius 3 is 2.69 bits per heavy atom. The zero-order chi connectivity index (χ0) is 22.1. The Hall–Kier alpha value is -3.48. The first kappa shape index (κ1) is 20.4. The number of aromatic nitrogens is 1. The lowest BCUT2D eigenvalue weighted by atomic mass is 10.00. The van der Waals surface area contributed by atoms with Gasteiger partial charge in [-0.3, -0.25) is 0 Å². The van der Waals surface area contributed by atoms with E-state index < -0.39 is 0 Å². The highest BCUT2D eigenvalue weighted by Gasteiger charge is 2.22. The molecule has 3 N–H and O–H groups in total. The number of nitrogens with one attached hydrogen (secondary N) is 2. The monoisotopic (exact) mass is 447 g/mol. The Bertz CT molecular complexity index is 1310. The van der Waals surface area contributed by atoms with E-state index >= 15 is 0 Å². The molecule has 0 amide bonds. The zero-order valence-corrected chi connectivity index (χ0v) is 18.2. The lowest BCUT2D eigenvalue weighted by Gasteiger charge is -2.09. The Morgan fingerprint density at radius 1 is 1.06 bits per heavy atom. The van der Waals surface area contributed by atoms with E-state index in [2.05, 4.69) is 17.2 Å². The number of hydrogen-bond donors (Lipinski definition) is 3. The van der Waals surface area contributed by atoms with Gasteiger partial charge in [0.15, 0.2) is 17.4 Å². The molecule has 0 saturated carbocycles. The number of benzene rings is 3. The van der Waals surface area contributed by atoms with Crippen LogP contribution in [0.3, 0.4) is 0 Å². The van der Waals surface area contributed by atoms with Gasteiger partial charge < -0.3 is 24.9 Å². The van der Waals surface area contributed by atoms with Gasteiger partial charge in [-0.1, -0.05) is 36.7 Å². The van der Waals surface area contributed by atoms with Gasteiger partial charge in [0, 0.05) is 22.5 Å². The first-order valence-electron chi connectivity index (χ1n) is 10.4. The minimum atomic E-state index is 0.0300. The van der Waals surface area contributed by atoms with Gasteiger partial charge in [0.05, 0.1) is 22.5 Å². The summed E-state index contributed by atoms with van der Waals surface area (Å²) in [5.41, 5.74) is 4.72. The summed E-state index contributed by atoms with van der Waals surface area (Å²) in [4.78, 5) is 7.95. The molecule has 1 aliphatic rings. The molecule has 3 aromatic carbocycles. The Kier molecular flexibility index (Phi) is 5.47. The number of aromatic hydroxyl groups is 1. The van der Waals surface area contributed by atoms with Gasteiger partial charge in [-0.25, -0.2) is 4.99 Å². The van der Waals surface area contributed by atoms with E-state index in [1.165, 1.54) is 5.56 Å². The number of hydrogen-bond acceptors (Lipinski definition) is 5. The second kappa shape index (κ2) is 8.57. The molecule has 7 heteroatoms. The summed E-state index contributed by atoms with van der Waals surface area (Å²) < 4.78 is 11.0. The minimum Gasteiger partial charge on any atom is -0.494 e. The standard InChI is InChI=1S/C25H22ClN3O3/c1-2-27-13-15-3-7-18(8-4-15)28-24(16-5-10-21-22(11-16)32-14-31-21)23-19-9-6-17(26)12-20(19)29-25(23)30/h3-12,27,29-30H,2,13-14H2,1H3. The van der Waals surface area contributed by atoms with Crippen LogP contribution in [0.5, 0.6) is 17.4 Å². The van der Waals surface area contributed by atoms with E-state index in [1.807, 2.05) is 48.5 Å². The molecule has 6 nitrogen and oxygen atoms in total. The molecule has 5 rings (SSSR count). The predicted octanol–water partition coefficient (Wildman–Crippen LogP) is 5.53. The summed E-state index contributed by atoms with van der Waals surface area (Å²) in [6.07, 6.45) is 0. The summed E-state index contributed by atoms with van der Waals surface area (Å²) >= 11 is 6.15. The van der Waals surface area contributed by atoms with Crippen molar-refractivity contribution >= 4 is 33.9 Å². The highest BCUT2D eigenvalue weighted by molar-refractivity contribution is 6.31. The zero-order valence-electron chi connectivity index (χ0n) is 17.5. The largest absolute Gasteiger partial charge is 0.494 e. The molecule has 4 aromatic rings. The molecule has 0 spiro atoms. The van der Waals surface area contributed by atoms with Crippen LogP contribution in [0.25, 0.3) is 10.9 Å². The fourth-order valence-corrected chi connectivity index (χ4v) is 3.96. The van der Waals surface area contributed by atoms with Crippen LogP contribution in [0, 0.1) is 0 Å². The molecule has 0 saturated heterocycles. The molecule has 0 atom stereocenters. The maximum atomic E-state index is 10.8. The number of aliphatic imine (C=N–C) groups is 1. The van der Waals surface area contributed by atoms with Crippen LogP contribution in [0.2, 0.25) is 5.02 Å². The Morgan fingerprint density at radius 2 is 1.88 bits per heavy atom. The quantitative estimate of drug-likeness (QED) is 0.339. The van der Waals surface area contributed by atoms with E-state index in [-0.39, 0.29) is 12.7 Å². The van der Waals surface area contributed by atoms with Crippen molar-refractivity contribution in [3.63, 3.8) is 0 Å². The van der Waals surface area contributed by atoms with Gasteiger partial charge >= 0.3 is 0 Å². The summed E-state index contributed by atoms with van der Waals surface area (Å²) in [6, 6.07) is 19.2. The van der Waals surface area contributed by atoms with Crippen molar-refractivity contribution in [3.05, 3.63) is 82.4 Å². The Labute approximate surface area is 190 Å². The highest BCUT2D eigenvalue weighted by atomic mass is 35.5. The lowest BCUT2D eigenvalue weighted by molar-refractivity contribution is 0.174. The molecule has 32 heavy (non-hydrogen) atoms. The first-order valence-corrected chi connectivity index (χ1v) is 10.8. The van der Waals surface area contributed by atoms with E-state index in [0.29, 0.717) is 27.8 Å². The first-order chi connectivity index (χ1) is 15.6. The van der Waals surface area contributed by atoms with Crippen LogP contribution in [-0.2, 0) is 6.54 Å². The molecule has 0 radical (unpaired) electrons. The fraction of sp³-hybridized carbons (Fsp3) is 0.160. The molecular weight excluding hydrogens is 426 g/mol. The second-order valence-corrected chi connectivity index (χ2v) is 7.95. The number of halogens is 1. The Balaban J connectivity index is 1.65. The van der Waals surface area contributed by atoms with Crippen molar-refractivity contribution in [2.45, 2.75) is 13.5 Å². The van der Waals surface area contributed by atoms with Gasteiger partial charge in [0.1, 0.15) is 0 Å². The number of ether oxygens (including phenoxy) is 2. The van der Waals surface area contributed by atoms with Crippen molar-refractivity contribution in [2.75, 3.05) is 13.3 Å². The molecule has 162 valence electrons. The number of aromatic amines is 1. The molecular formula is C25H22ClN3O3. The molecule has 0 bridgehead atoms. The van der Waals surface area contributed by atoms with E-state index in [4.69, 9.17) is 26.1 Å². The SMILES string of the molecule is CCNCc1ccc(N=C(c2ccc3c(c2)OCO3)c2c(O)[nH]c3cc(Cl)ccc23)cc1. The van der Waals surface area contributed by atoms with E-state index in [1.54, 1.807) is 12.1 Å². The second-order valence-electron chi connectivity index (χ2n) is 7.51. The van der Waals surface area contributed by atoms with Crippen LogP contribution < -0.4 is 14.8 Å². The van der Waals surface area contributed by atoms with Crippen molar-refractivity contribution in [3.8, 4) is 17.4 Å². The van der Waals surface area contributed by atoms with Gasteiger partial charge in [-0.15, -0.1) is 0 Å². The average Bonchev–Trinajstić information content (AvgIpc) is 3.39. The van der Waals surface area contributed by atoms with Crippen molar-refractivity contribution in [1.29, 1.82) is 0 Å². The third-order valence-corrected chi connectivity index (χ3v) is 5.62. The number of nitrogens with zero attached hydrogens (tertiary/aromatic N) is 1. The van der Waals surface area contributed by atoms with Crippen LogP contribution in [0.15, 0.2) is 65.7 Å². The normalized spacial score (nSPS) is 13.1. The average molecular weight is 448 g/mol. The summed E-state index contributed by atoms with van der Waals surface area (Å²) in [7, 11) is 0. The summed E-state index contributed by atoms with van der Waals surface area (Å²) in [6.45, 7) is 3.99. The molecule has 0 fully saturated rings. The maximum absolute atomic E-state index is 10.8. The minimum absolute atomic E-state index is 0.0300. The van der Waals surface area contributed by atoms with Gasteiger partial charge in [0.2, 0.25) is 6.79 Å². The van der Waals surface area contributed by atoms with Gasteiger partial charge in [0.25, 0.3) is 0 Å². The number of rotatable bonds is 6. The molecule has 0 aliphatic carbocycles. The van der Waals surface area contributed by atoms with E-state index in [9.17, 15) is 5.11 Å². The summed E-state index contributed by atoms with van der Waals surface area (Å²) in [5.74, 6) is 1.37. The molecule has 2 heterocycles. The lowest BCUT2D eigenvalue weighted by Crippen LogP contribution is -2.11. The van der Waals surface area contributed by atoms with Crippen molar-refractivity contribution < 1.29 is 14.6 Å². The van der Waals surface area contributed by atoms with Gasteiger partial charge in [-0.2, -0.15) is 0 Å². The molecule has 0 unspecified atom stereocenters. The molecule has 1 aliphatic heterocycles. The number of H-pyrrole nitrogens is 1. The third-order valence-electron chi connectivity index (χ3n) is 5.38. The van der Waals surface area contributed by atoms with Crippen LogP contribution in [0.4, 0.5) is 5.69 Å². The maximum Gasteiger partial charge on any atom is 0.231 e. The van der Waals surface area contributed by atoms with Crippen LogP contribution in [-0.4, -0.2) is 29.1 Å². The van der Waals surface area contributed by atoms with Crippen molar-refractivity contribution in [1.82, 2.24) is 10.3 Å². The smallest absolute Gasteiger partial charge is 0.231 e. The predicted molar refractivity (Wildman–Crippen MR) is 127 cm³/mol. The third kappa shape index (κ3) is 3.90.